The fourth-order valence-corrected chi connectivity index (χ4v) is 2.69. The van der Waals surface area contributed by atoms with Crippen LogP contribution in [-0.4, -0.2) is 35.9 Å². The van der Waals surface area contributed by atoms with E-state index in [1.165, 1.54) is 0 Å². The number of nitrogens with one attached hydrogen (secondary N) is 1. The molecular formula is C20H23N3O3. The first-order chi connectivity index (χ1) is 12.6. The van der Waals surface area contributed by atoms with Crippen LogP contribution in [-0.2, 0) is 11.4 Å². The summed E-state index contributed by atoms with van der Waals surface area (Å²) >= 11 is 0. The summed E-state index contributed by atoms with van der Waals surface area (Å²) < 4.78 is 5.81. The molecule has 1 saturated carbocycles. The van der Waals surface area contributed by atoms with Crippen molar-refractivity contribution >= 4 is 17.3 Å². The van der Waals surface area contributed by atoms with Gasteiger partial charge in [0, 0.05) is 18.3 Å². The topological polar surface area (TPSA) is 96.9 Å². The number of aliphatic hydroxyl groups is 1. The van der Waals surface area contributed by atoms with Gasteiger partial charge < -0.3 is 20.9 Å². The van der Waals surface area contributed by atoms with Gasteiger partial charge in [0.2, 0.25) is 0 Å². The third-order valence-corrected chi connectivity index (χ3v) is 4.50. The second-order valence-corrected chi connectivity index (χ2v) is 6.49. The Labute approximate surface area is 152 Å². The highest BCUT2D eigenvalue weighted by Crippen LogP contribution is 2.34. The number of carbonyl (C=O) groups excluding carboxylic acids is 1. The third-order valence-electron chi connectivity index (χ3n) is 4.50. The van der Waals surface area contributed by atoms with Crippen molar-refractivity contribution in [1.82, 2.24) is 5.32 Å². The molecule has 0 heterocycles. The van der Waals surface area contributed by atoms with Crippen molar-refractivity contribution in [3.05, 3.63) is 59.7 Å². The van der Waals surface area contributed by atoms with Crippen LogP contribution in [0.2, 0.25) is 0 Å². The molecule has 0 aliphatic heterocycles. The lowest BCUT2D eigenvalue weighted by molar-refractivity contribution is -0.116. The van der Waals surface area contributed by atoms with Crippen LogP contribution in [0.3, 0.4) is 0 Å². The Morgan fingerprint density at radius 1 is 1.27 bits per heavy atom. The second kappa shape index (κ2) is 7.58. The molecular weight excluding hydrogens is 330 g/mol. The van der Waals surface area contributed by atoms with E-state index in [-0.39, 0.29) is 18.2 Å². The number of benzene rings is 2. The average Bonchev–Trinajstić information content (AvgIpc) is 3.43. The van der Waals surface area contributed by atoms with Crippen LogP contribution in [0.5, 0.6) is 5.75 Å². The van der Waals surface area contributed by atoms with E-state index in [9.17, 15) is 9.90 Å². The number of nitrogens with two attached hydrogens (primary N) is 1. The maximum absolute atomic E-state index is 12.6. The highest BCUT2D eigenvalue weighted by atomic mass is 16.5. The molecule has 0 atom stereocenters. The molecule has 0 aromatic heterocycles. The molecule has 1 amide bonds. The molecule has 2 aromatic carbocycles. The van der Waals surface area contributed by atoms with E-state index in [4.69, 9.17) is 10.5 Å². The molecule has 0 radical (unpaired) electrons. The smallest absolute Gasteiger partial charge is 0.270 e. The lowest BCUT2D eigenvalue weighted by atomic mass is 10.1. The monoisotopic (exact) mass is 353 g/mol. The number of aliphatic imine (C=N–C) groups is 1. The van der Waals surface area contributed by atoms with Gasteiger partial charge in [0.15, 0.2) is 0 Å². The highest BCUT2D eigenvalue weighted by Gasteiger charge is 2.44. The van der Waals surface area contributed by atoms with Crippen molar-refractivity contribution in [3.8, 4) is 5.75 Å². The van der Waals surface area contributed by atoms with E-state index in [0.717, 1.165) is 18.4 Å². The van der Waals surface area contributed by atoms with Gasteiger partial charge in [-0.2, -0.15) is 0 Å². The van der Waals surface area contributed by atoms with Crippen molar-refractivity contribution in [2.24, 2.45) is 4.99 Å². The Kier molecular flexibility index (Phi) is 5.23. The zero-order chi connectivity index (χ0) is 18.6. The van der Waals surface area contributed by atoms with E-state index in [1.54, 1.807) is 25.2 Å². The van der Waals surface area contributed by atoms with Crippen molar-refractivity contribution in [1.29, 1.82) is 0 Å². The number of hydrogen-bond donors (Lipinski definition) is 3. The van der Waals surface area contributed by atoms with E-state index < -0.39 is 5.54 Å². The van der Waals surface area contributed by atoms with Crippen LogP contribution in [0, 0.1) is 0 Å². The van der Waals surface area contributed by atoms with Crippen LogP contribution in [0.1, 0.15) is 24.0 Å². The molecule has 6 heteroatoms. The van der Waals surface area contributed by atoms with E-state index >= 15 is 0 Å². The van der Waals surface area contributed by atoms with Crippen molar-refractivity contribution in [2.45, 2.75) is 25.0 Å². The molecule has 136 valence electrons. The third kappa shape index (κ3) is 4.03. The molecule has 1 aliphatic carbocycles. The summed E-state index contributed by atoms with van der Waals surface area (Å²) in [5.41, 5.74) is 7.79. The van der Waals surface area contributed by atoms with Gasteiger partial charge in [-0.1, -0.05) is 30.3 Å². The minimum absolute atomic E-state index is 0.0779. The van der Waals surface area contributed by atoms with Gasteiger partial charge in [0.05, 0.1) is 12.1 Å². The fourth-order valence-electron chi connectivity index (χ4n) is 2.69. The normalized spacial score (nSPS) is 15.4. The zero-order valence-electron chi connectivity index (χ0n) is 14.7. The van der Waals surface area contributed by atoms with Crippen molar-refractivity contribution < 1.29 is 14.6 Å². The van der Waals surface area contributed by atoms with Crippen LogP contribution < -0.4 is 15.8 Å². The summed E-state index contributed by atoms with van der Waals surface area (Å²) in [6.45, 7) is 0.341. The summed E-state index contributed by atoms with van der Waals surface area (Å²) in [4.78, 5) is 16.7. The molecule has 2 aromatic rings. The van der Waals surface area contributed by atoms with Crippen molar-refractivity contribution in [2.75, 3.05) is 19.4 Å². The number of aliphatic hydroxyl groups excluding tert-OH is 1. The first-order valence-corrected chi connectivity index (χ1v) is 8.54. The van der Waals surface area contributed by atoms with Gasteiger partial charge in [0.1, 0.15) is 18.1 Å². The maximum Gasteiger partial charge on any atom is 0.270 e. The highest BCUT2D eigenvalue weighted by molar-refractivity contribution is 6.46. The van der Waals surface area contributed by atoms with E-state index in [2.05, 4.69) is 10.3 Å². The van der Waals surface area contributed by atoms with E-state index in [0.29, 0.717) is 23.6 Å². The summed E-state index contributed by atoms with van der Waals surface area (Å²) in [7, 11) is 1.55. The minimum Gasteiger partial charge on any atom is -0.489 e. The molecule has 3 rings (SSSR count). The maximum atomic E-state index is 12.6. The predicted molar refractivity (Wildman–Crippen MR) is 101 cm³/mol. The quantitative estimate of drug-likeness (QED) is 0.523. The van der Waals surface area contributed by atoms with E-state index in [1.807, 2.05) is 30.3 Å². The van der Waals surface area contributed by atoms with Crippen LogP contribution in [0.4, 0.5) is 5.69 Å². The van der Waals surface area contributed by atoms with Crippen LogP contribution >= 0.6 is 0 Å². The number of hydrogen-bond acceptors (Lipinski definition) is 5. The summed E-state index contributed by atoms with van der Waals surface area (Å²) in [5.74, 6) is 0.265. The number of amides is 1. The zero-order valence-corrected chi connectivity index (χ0v) is 14.7. The number of rotatable bonds is 7. The number of anilines is 1. The number of ether oxygens (including phenoxy) is 1. The van der Waals surface area contributed by atoms with Gasteiger partial charge >= 0.3 is 0 Å². The van der Waals surface area contributed by atoms with Gasteiger partial charge in [-0.15, -0.1) is 0 Å². The van der Waals surface area contributed by atoms with Crippen molar-refractivity contribution in [3.63, 3.8) is 0 Å². The second-order valence-electron chi connectivity index (χ2n) is 6.49. The first-order valence-electron chi connectivity index (χ1n) is 8.54. The Morgan fingerprint density at radius 3 is 2.62 bits per heavy atom. The van der Waals surface area contributed by atoms with Gasteiger partial charge in [-0.05, 0) is 36.6 Å². The summed E-state index contributed by atoms with van der Waals surface area (Å²) in [5, 5.41) is 12.3. The van der Waals surface area contributed by atoms with Gasteiger partial charge in [0.25, 0.3) is 5.91 Å². The number of carbonyl (C=O) groups is 1. The summed E-state index contributed by atoms with van der Waals surface area (Å²) in [6, 6.07) is 15.0. The molecule has 0 saturated heterocycles. The Morgan fingerprint density at radius 2 is 2.00 bits per heavy atom. The largest absolute Gasteiger partial charge is 0.489 e. The Hall–Kier alpha value is -2.86. The summed E-state index contributed by atoms with van der Waals surface area (Å²) in [6.07, 6.45) is 1.53. The molecule has 0 unspecified atom stereocenters. The molecule has 26 heavy (non-hydrogen) atoms. The number of nitrogen functional groups attached to an aromatic ring is 1. The lowest BCUT2D eigenvalue weighted by Crippen LogP contribution is -2.43. The standard InChI is InChI=1S/C20H23N3O3/c1-22-18(19(25)23-20(13-24)9-10-20)16-11-15(7-8-17(16)21)26-12-14-5-3-2-4-6-14/h2-8,11,24H,9-10,12-13,21H2,1H3,(H,23,25). The molecule has 6 nitrogen and oxygen atoms in total. The van der Waals surface area contributed by atoms with Crippen LogP contribution in [0.25, 0.3) is 0 Å². The number of nitrogens with zero attached hydrogens (tertiary/aromatic N) is 1. The lowest BCUT2D eigenvalue weighted by Gasteiger charge is -2.17. The van der Waals surface area contributed by atoms with Crippen LogP contribution in [0.15, 0.2) is 53.5 Å². The molecule has 1 aliphatic rings. The molecule has 1 fully saturated rings. The Bertz CT molecular complexity index is 814. The first kappa shape index (κ1) is 17.9. The van der Waals surface area contributed by atoms with Gasteiger partial charge in [-0.3, -0.25) is 9.79 Å². The molecule has 0 spiro atoms. The SMILES string of the molecule is CN=C(C(=O)NC1(CO)CC1)c1cc(OCc2ccccc2)ccc1N. The Balaban J connectivity index is 1.76. The minimum atomic E-state index is -0.511. The molecule has 0 bridgehead atoms. The van der Waals surface area contributed by atoms with Gasteiger partial charge in [-0.25, -0.2) is 0 Å². The average molecular weight is 353 g/mol. The predicted octanol–water partition coefficient (Wildman–Crippen LogP) is 1.91. The fraction of sp³-hybridized carbons (Fsp3) is 0.300. The molecule has 4 N–H and O–H groups in total.